The molecule has 0 atom stereocenters. The van der Waals surface area contributed by atoms with Crippen molar-refractivity contribution in [2.24, 2.45) is 5.41 Å². The summed E-state index contributed by atoms with van der Waals surface area (Å²) >= 11 is 0. The van der Waals surface area contributed by atoms with Gasteiger partial charge in [-0.15, -0.1) is 0 Å². The predicted molar refractivity (Wildman–Crippen MR) is 142 cm³/mol. The SMILES string of the molecule is CS(=O)(=O)Nc1ccc2c(c1)C1(CCC3(CC3)CC1)CN2C(=O)c1cccc(CN2CCC(F)(F)CC2)n1. The summed E-state index contributed by atoms with van der Waals surface area (Å²) in [6, 6.07) is 10.8. The molecule has 2 spiro atoms. The fourth-order valence-electron chi connectivity index (χ4n) is 6.58. The lowest BCUT2D eigenvalue weighted by Gasteiger charge is -2.38. The fraction of sp³-hybridized carbons (Fsp3) is 0.571. The van der Waals surface area contributed by atoms with Crippen molar-refractivity contribution in [2.45, 2.75) is 69.2 Å². The van der Waals surface area contributed by atoms with E-state index in [1.165, 1.54) is 12.8 Å². The molecule has 38 heavy (non-hydrogen) atoms. The number of carbonyl (C=O) groups excluding carboxylic acids is 1. The first-order valence-electron chi connectivity index (χ1n) is 13.5. The zero-order chi connectivity index (χ0) is 26.8. The van der Waals surface area contributed by atoms with E-state index in [-0.39, 0.29) is 24.2 Å². The zero-order valence-corrected chi connectivity index (χ0v) is 22.5. The Hall–Kier alpha value is -2.59. The van der Waals surface area contributed by atoms with Gasteiger partial charge in [0.1, 0.15) is 5.69 Å². The molecule has 1 aromatic heterocycles. The van der Waals surface area contributed by atoms with Crippen molar-refractivity contribution >= 4 is 27.3 Å². The fourth-order valence-corrected chi connectivity index (χ4v) is 7.14. The van der Waals surface area contributed by atoms with Crippen LogP contribution in [0.1, 0.15) is 73.1 Å². The summed E-state index contributed by atoms with van der Waals surface area (Å²) in [4.78, 5) is 22.3. The molecule has 1 N–H and O–H groups in total. The van der Waals surface area contributed by atoms with Crippen LogP contribution in [-0.4, -0.2) is 56.0 Å². The average Bonchev–Trinajstić information content (AvgIpc) is 3.56. The number of fused-ring (bicyclic) bond motifs is 2. The number of halogens is 2. The van der Waals surface area contributed by atoms with E-state index in [1.807, 2.05) is 23.1 Å². The van der Waals surface area contributed by atoms with Crippen molar-refractivity contribution in [3.8, 4) is 0 Å². The number of benzene rings is 1. The van der Waals surface area contributed by atoms with Crippen molar-refractivity contribution < 1.29 is 22.0 Å². The normalized spacial score (nSPS) is 23.4. The topological polar surface area (TPSA) is 82.6 Å². The number of hydrogen-bond donors (Lipinski definition) is 1. The van der Waals surface area contributed by atoms with Gasteiger partial charge in [-0.05, 0) is 79.8 Å². The van der Waals surface area contributed by atoms with Gasteiger partial charge in [0.05, 0.1) is 11.9 Å². The minimum atomic E-state index is -3.43. The number of carbonyl (C=O) groups is 1. The lowest BCUT2D eigenvalue weighted by molar-refractivity contribution is -0.0568. The van der Waals surface area contributed by atoms with Gasteiger partial charge in [-0.1, -0.05) is 6.07 Å². The van der Waals surface area contributed by atoms with E-state index in [4.69, 9.17) is 0 Å². The molecule has 1 aromatic carbocycles. The Morgan fingerprint density at radius 3 is 2.34 bits per heavy atom. The molecule has 2 aliphatic carbocycles. The van der Waals surface area contributed by atoms with Crippen molar-refractivity contribution in [1.29, 1.82) is 0 Å². The number of alkyl halides is 2. The summed E-state index contributed by atoms with van der Waals surface area (Å²) < 4.78 is 53.5. The standard InChI is InChI=1S/C28H34F2N4O3S/c1-38(36,37)32-20-5-6-24-22(17-20)27(11-9-26(7-8-26)10-12-27)19-34(24)25(35)23-4-2-3-21(31-23)18-33-15-13-28(29,30)14-16-33/h2-6,17,32H,7-16,18-19H2,1H3. The Kier molecular flexibility index (Phi) is 6.07. The smallest absolute Gasteiger partial charge is 0.276 e. The largest absolute Gasteiger partial charge is 0.306 e. The third kappa shape index (κ3) is 5.04. The zero-order valence-electron chi connectivity index (χ0n) is 21.7. The van der Waals surface area contributed by atoms with Crippen LogP contribution in [0.2, 0.25) is 0 Å². The molecule has 1 saturated heterocycles. The number of amides is 1. The number of likely N-dealkylation sites (tertiary alicyclic amines) is 1. The van der Waals surface area contributed by atoms with E-state index in [0.717, 1.165) is 43.2 Å². The van der Waals surface area contributed by atoms with Crippen LogP contribution >= 0.6 is 0 Å². The van der Waals surface area contributed by atoms with Crippen LogP contribution in [0.15, 0.2) is 36.4 Å². The molecule has 204 valence electrons. The maximum atomic E-state index is 13.9. The van der Waals surface area contributed by atoms with Gasteiger partial charge in [-0.2, -0.15) is 0 Å². The molecule has 0 unspecified atom stereocenters. The Morgan fingerprint density at radius 1 is 1.00 bits per heavy atom. The third-order valence-corrected chi connectivity index (χ3v) is 9.70. The first-order valence-corrected chi connectivity index (χ1v) is 15.3. The maximum absolute atomic E-state index is 13.9. The summed E-state index contributed by atoms with van der Waals surface area (Å²) in [7, 11) is -3.43. The molecule has 0 bridgehead atoms. The van der Waals surface area contributed by atoms with Crippen LogP contribution in [0.25, 0.3) is 0 Å². The summed E-state index contributed by atoms with van der Waals surface area (Å²) in [5, 5.41) is 0. The molecule has 0 radical (unpaired) electrons. The molecule has 4 aliphatic rings. The number of hydrogen-bond acceptors (Lipinski definition) is 5. The molecule has 3 heterocycles. The molecule has 7 nitrogen and oxygen atoms in total. The van der Waals surface area contributed by atoms with Crippen molar-refractivity contribution in [3.63, 3.8) is 0 Å². The highest BCUT2D eigenvalue weighted by molar-refractivity contribution is 7.92. The Bertz CT molecular complexity index is 1360. The van der Waals surface area contributed by atoms with Gasteiger partial charge in [-0.3, -0.25) is 14.4 Å². The monoisotopic (exact) mass is 544 g/mol. The van der Waals surface area contributed by atoms with Crippen molar-refractivity contribution in [2.75, 3.05) is 35.5 Å². The van der Waals surface area contributed by atoms with Gasteiger partial charge in [0.2, 0.25) is 10.0 Å². The van der Waals surface area contributed by atoms with Gasteiger partial charge in [0.15, 0.2) is 0 Å². The van der Waals surface area contributed by atoms with Crippen LogP contribution in [0.3, 0.4) is 0 Å². The number of rotatable bonds is 5. The van der Waals surface area contributed by atoms with Crippen LogP contribution < -0.4 is 9.62 Å². The number of nitrogens with one attached hydrogen (secondary N) is 1. The number of piperidine rings is 1. The van der Waals surface area contributed by atoms with E-state index >= 15 is 0 Å². The predicted octanol–water partition coefficient (Wildman–Crippen LogP) is 4.94. The van der Waals surface area contributed by atoms with E-state index in [0.29, 0.717) is 48.7 Å². The number of nitrogens with zero attached hydrogens (tertiary/aromatic N) is 3. The summed E-state index contributed by atoms with van der Waals surface area (Å²) in [6.07, 6.45) is 7.57. The van der Waals surface area contributed by atoms with Crippen LogP contribution in [0.4, 0.5) is 20.2 Å². The first kappa shape index (κ1) is 25.7. The lowest BCUT2D eigenvalue weighted by Crippen LogP contribution is -2.40. The Morgan fingerprint density at radius 2 is 1.68 bits per heavy atom. The second-order valence-electron chi connectivity index (χ2n) is 11.9. The van der Waals surface area contributed by atoms with Crippen LogP contribution in [0, 0.1) is 5.41 Å². The van der Waals surface area contributed by atoms with Crippen LogP contribution in [0.5, 0.6) is 0 Å². The second kappa shape index (κ2) is 8.98. The summed E-state index contributed by atoms with van der Waals surface area (Å²) in [5.74, 6) is -2.79. The van der Waals surface area contributed by atoms with E-state index in [2.05, 4.69) is 9.71 Å². The van der Waals surface area contributed by atoms with Gasteiger partial charge in [-0.25, -0.2) is 22.2 Å². The molecule has 6 rings (SSSR count). The minimum Gasteiger partial charge on any atom is -0.306 e. The molecule has 2 aliphatic heterocycles. The Balaban J connectivity index is 1.26. The van der Waals surface area contributed by atoms with Gasteiger partial charge < -0.3 is 4.90 Å². The quantitative estimate of drug-likeness (QED) is 0.577. The van der Waals surface area contributed by atoms with E-state index in [1.54, 1.807) is 23.1 Å². The Labute approximate surface area is 222 Å². The van der Waals surface area contributed by atoms with Crippen molar-refractivity contribution in [1.82, 2.24) is 9.88 Å². The molecular weight excluding hydrogens is 510 g/mol. The highest BCUT2D eigenvalue weighted by Gasteiger charge is 2.53. The number of sulfonamides is 1. The first-order chi connectivity index (χ1) is 18.0. The molecule has 3 fully saturated rings. The van der Waals surface area contributed by atoms with Crippen molar-refractivity contribution in [3.05, 3.63) is 53.3 Å². The molecule has 1 amide bonds. The number of pyridine rings is 1. The van der Waals surface area contributed by atoms with E-state index in [9.17, 15) is 22.0 Å². The molecule has 2 aromatic rings. The highest BCUT2D eigenvalue weighted by Crippen LogP contribution is 2.62. The van der Waals surface area contributed by atoms with E-state index < -0.39 is 15.9 Å². The summed E-state index contributed by atoms with van der Waals surface area (Å²) in [6.45, 7) is 1.59. The highest BCUT2D eigenvalue weighted by atomic mass is 32.2. The summed E-state index contributed by atoms with van der Waals surface area (Å²) in [5.41, 5.74) is 3.65. The van der Waals surface area contributed by atoms with Gasteiger partial charge >= 0.3 is 0 Å². The van der Waals surface area contributed by atoms with Crippen LogP contribution in [-0.2, 0) is 22.0 Å². The number of aromatic nitrogens is 1. The second-order valence-corrected chi connectivity index (χ2v) is 13.7. The third-order valence-electron chi connectivity index (χ3n) is 9.09. The molecule has 10 heteroatoms. The molecule has 2 saturated carbocycles. The maximum Gasteiger partial charge on any atom is 0.276 e. The molecular formula is C28H34F2N4O3S. The van der Waals surface area contributed by atoms with Gasteiger partial charge in [0.25, 0.3) is 11.8 Å². The average molecular weight is 545 g/mol. The lowest BCUT2D eigenvalue weighted by atomic mass is 9.66. The number of anilines is 2. The minimum absolute atomic E-state index is 0.157. The van der Waals surface area contributed by atoms with Gasteiger partial charge in [0, 0.05) is 55.8 Å².